The molecule has 26 heavy (non-hydrogen) atoms. The van der Waals surface area contributed by atoms with E-state index >= 15 is 0 Å². The van der Waals surface area contributed by atoms with Gasteiger partial charge in [-0.25, -0.2) is 4.79 Å². The van der Waals surface area contributed by atoms with E-state index in [4.69, 9.17) is 4.74 Å². The molecule has 1 saturated heterocycles. The van der Waals surface area contributed by atoms with E-state index in [1.54, 1.807) is 11.8 Å². The largest absolute Gasteiger partial charge is 0.445 e. The molecule has 2 atom stereocenters. The molecular weight excluding hydrogens is 328 g/mol. The number of hydrogen-bond donors (Lipinski definition) is 0. The molecule has 2 heterocycles. The lowest BCUT2D eigenvalue weighted by molar-refractivity contribution is -0.138. The van der Waals surface area contributed by atoms with Crippen molar-refractivity contribution in [1.29, 1.82) is 0 Å². The molecule has 140 valence electrons. The number of hydrogen-bond acceptors (Lipinski definition) is 3. The van der Waals surface area contributed by atoms with Crippen molar-refractivity contribution in [1.82, 2.24) is 9.80 Å². The van der Waals surface area contributed by atoms with E-state index in [9.17, 15) is 9.59 Å². The average molecular weight is 356 g/mol. The van der Waals surface area contributed by atoms with E-state index in [-0.39, 0.29) is 18.6 Å². The highest BCUT2D eigenvalue weighted by Crippen LogP contribution is 2.32. The molecule has 1 aromatic rings. The van der Waals surface area contributed by atoms with Gasteiger partial charge in [-0.15, -0.1) is 0 Å². The van der Waals surface area contributed by atoms with Crippen molar-refractivity contribution in [2.24, 2.45) is 0 Å². The molecule has 1 unspecified atom stereocenters. The Balaban J connectivity index is 1.60. The number of ether oxygens (including phenoxy) is 1. The predicted octanol–water partition coefficient (Wildman–Crippen LogP) is 4.09. The lowest BCUT2D eigenvalue weighted by atomic mass is 10.0. The minimum Gasteiger partial charge on any atom is -0.445 e. The van der Waals surface area contributed by atoms with E-state index < -0.39 is 12.1 Å². The number of rotatable bonds is 6. The molecule has 2 aliphatic rings. The van der Waals surface area contributed by atoms with Crippen molar-refractivity contribution in [3.63, 3.8) is 0 Å². The van der Waals surface area contributed by atoms with Crippen molar-refractivity contribution >= 4 is 12.0 Å². The normalized spacial score (nSPS) is 22.2. The second-order valence-electron chi connectivity index (χ2n) is 7.13. The maximum Gasteiger partial charge on any atom is 0.411 e. The van der Waals surface area contributed by atoms with E-state index in [1.807, 2.05) is 35.2 Å². The van der Waals surface area contributed by atoms with Crippen LogP contribution in [0.1, 0.15) is 51.5 Å². The van der Waals surface area contributed by atoms with Gasteiger partial charge in [0.1, 0.15) is 12.6 Å². The van der Waals surface area contributed by atoms with Crippen LogP contribution in [0, 0.1) is 0 Å². The van der Waals surface area contributed by atoms with Gasteiger partial charge in [0.25, 0.3) is 0 Å². The van der Waals surface area contributed by atoms with E-state index in [0.717, 1.165) is 30.5 Å². The first kappa shape index (κ1) is 18.5. The van der Waals surface area contributed by atoms with Gasteiger partial charge in [-0.2, -0.15) is 0 Å². The maximum absolute atomic E-state index is 12.9. The van der Waals surface area contributed by atoms with Crippen LogP contribution in [0.15, 0.2) is 42.1 Å². The third kappa shape index (κ3) is 3.92. The Hall–Kier alpha value is -2.30. The molecule has 0 bridgehead atoms. The predicted molar refractivity (Wildman–Crippen MR) is 100 cm³/mol. The third-order valence-electron chi connectivity index (χ3n) is 5.28. The number of benzene rings is 1. The number of piperazine rings is 1. The molecule has 5 nitrogen and oxygen atoms in total. The van der Waals surface area contributed by atoms with Gasteiger partial charge in [0, 0.05) is 11.7 Å². The number of carbonyl (C=O) groups is 2. The summed E-state index contributed by atoms with van der Waals surface area (Å²) in [7, 11) is 0. The summed E-state index contributed by atoms with van der Waals surface area (Å²) in [6.07, 6.45) is 7.13. The number of unbranched alkanes of at least 4 members (excludes halogenated alkanes) is 2. The highest BCUT2D eigenvalue weighted by atomic mass is 16.6. The maximum atomic E-state index is 12.9. The molecule has 2 aliphatic heterocycles. The molecule has 0 aromatic heterocycles. The molecule has 0 N–H and O–H groups in total. The van der Waals surface area contributed by atoms with Gasteiger partial charge < -0.3 is 9.64 Å². The Morgan fingerprint density at radius 3 is 2.73 bits per heavy atom. The topological polar surface area (TPSA) is 49.9 Å². The first-order valence-electron chi connectivity index (χ1n) is 9.61. The Morgan fingerprint density at radius 2 is 2.00 bits per heavy atom. The average Bonchev–Trinajstić information content (AvgIpc) is 3.07. The fourth-order valence-corrected chi connectivity index (χ4v) is 3.72. The molecule has 1 fully saturated rings. The Morgan fingerprint density at radius 1 is 1.23 bits per heavy atom. The summed E-state index contributed by atoms with van der Waals surface area (Å²) < 4.78 is 5.43. The number of fused-ring (bicyclic) bond motifs is 1. The van der Waals surface area contributed by atoms with Crippen LogP contribution in [0.25, 0.3) is 0 Å². The molecule has 1 aromatic carbocycles. The summed E-state index contributed by atoms with van der Waals surface area (Å²) in [5.41, 5.74) is 1.89. The van der Waals surface area contributed by atoms with Crippen LogP contribution in [0.2, 0.25) is 0 Å². The Kier molecular flexibility index (Phi) is 5.96. The molecule has 5 heteroatoms. The zero-order valence-electron chi connectivity index (χ0n) is 15.7. The Bertz CT molecular complexity index is 671. The molecule has 0 spiro atoms. The summed E-state index contributed by atoms with van der Waals surface area (Å²) in [5.74, 6) is 0.0122. The SMILES string of the molecule is CCCCCC1CC=C2CN(C(=O)OCc3ccccc3)[C@@H](C)C(=O)N21. The molecule has 2 amide bonds. The van der Waals surface area contributed by atoms with E-state index in [0.29, 0.717) is 6.54 Å². The fourth-order valence-electron chi connectivity index (χ4n) is 3.72. The summed E-state index contributed by atoms with van der Waals surface area (Å²) in [4.78, 5) is 28.9. The van der Waals surface area contributed by atoms with Crippen LogP contribution in [0.4, 0.5) is 4.79 Å². The number of amides is 2. The van der Waals surface area contributed by atoms with Gasteiger partial charge in [0.2, 0.25) is 5.91 Å². The molecule has 0 saturated carbocycles. The summed E-state index contributed by atoms with van der Waals surface area (Å²) in [6.45, 7) is 4.65. The fraction of sp³-hybridized carbons (Fsp3) is 0.524. The van der Waals surface area contributed by atoms with Crippen LogP contribution in [-0.4, -0.2) is 40.4 Å². The summed E-state index contributed by atoms with van der Waals surface area (Å²) >= 11 is 0. The zero-order valence-corrected chi connectivity index (χ0v) is 15.7. The molecule has 0 aliphatic carbocycles. The van der Waals surface area contributed by atoms with Gasteiger partial charge >= 0.3 is 6.09 Å². The van der Waals surface area contributed by atoms with Crippen molar-refractivity contribution in [3.8, 4) is 0 Å². The third-order valence-corrected chi connectivity index (χ3v) is 5.28. The monoisotopic (exact) mass is 356 g/mol. The Labute approximate surface area is 155 Å². The van der Waals surface area contributed by atoms with Crippen LogP contribution >= 0.6 is 0 Å². The van der Waals surface area contributed by atoms with Crippen molar-refractivity contribution in [3.05, 3.63) is 47.7 Å². The summed E-state index contributed by atoms with van der Waals surface area (Å²) in [6, 6.07) is 9.36. The lowest BCUT2D eigenvalue weighted by Crippen LogP contribution is -2.57. The minimum atomic E-state index is -0.484. The second kappa shape index (κ2) is 8.39. The van der Waals surface area contributed by atoms with Crippen LogP contribution in [0.3, 0.4) is 0 Å². The van der Waals surface area contributed by atoms with E-state index in [1.165, 1.54) is 12.8 Å². The molecular formula is C21H28N2O3. The van der Waals surface area contributed by atoms with Crippen LogP contribution < -0.4 is 0 Å². The first-order valence-corrected chi connectivity index (χ1v) is 9.61. The van der Waals surface area contributed by atoms with Crippen molar-refractivity contribution < 1.29 is 14.3 Å². The molecule has 3 rings (SSSR count). The zero-order chi connectivity index (χ0) is 18.5. The van der Waals surface area contributed by atoms with Gasteiger partial charge in [-0.1, -0.05) is 62.6 Å². The first-order chi connectivity index (χ1) is 12.6. The van der Waals surface area contributed by atoms with Crippen molar-refractivity contribution in [2.45, 2.75) is 64.6 Å². The number of nitrogens with zero attached hydrogens (tertiary/aromatic N) is 2. The van der Waals surface area contributed by atoms with Crippen LogP contribution in [-0.2, 0) is 16.1 Å². The highest BCUT2D eigenvalue weighted by molar-refractivity contribution is 5.89. The molecule has 0 radical (unpaired) electrons. The second-order valence-corrected chi connectivity index (χ2v) is 7.13. The van der Waals surface area contributed by atoms with Gasteiger partial charge in [0.15, 0.2) is 0 Å². The van der Waals surface area contributed by atoms with Gasteiger partial charge in [-0.3, -0.25) is 9.69 Å². The highest BCUT2D eigenvalue weighted by Gasteiger charge is 2.42. The number of carbonyl (C=O) groups excluding carboxylic acids is 2. The smallest absolute Gasteiger partial charge is 0.411 e. The standard InChI is InChI=1S/C21H28N2O3/c1-3-4-6-11-18-12-13-19-14-22(16(2)20(24)23(18)19)21(25)26-15-17-9-7-5-8-10-17/h5,7-10,13,16,18H,3-4,6,11-12,14-15H2,1-2H3/t16-,18?/m0/s1. The lowest BCUT2D eigenvalue weighted by Gasteiger charge is -2.40. The van der Waals surface area contributed by atoms with Gasteiger partial charge in [0.05, 0.1) is 6.54 Å². The van der Waals surface area contributed by atoms with Gasteiger partial charge in [-0.05, 0) is 25.3 Å². The minimum absolute atomic E-state index is 0.0122. The summed E-state index contributed by atoms with van der Waals surface area (Å²) in [5, 5.41) is 0. The van der Waals surface area contributed by atoms with E-state index in [2.05, 4.69) is 13.0 Å². The quantitative estimate of drug-likeness (QED) is 0.721. The van der Waals surface area contributed by atoms with Crippen LogP contribution in [0.5, 0.6) is 0 Å². The van der Waals surface area contributed by atoms with Crippen molar-refractivity contribution in [2.75, 3.05) is 6.54 Å².